The number of aromatic hydroxyl groups is 1. The van der Waals surface area contributed by atoms with Crippen molar-refractivity contribution in [3.05, 3.63) is 23.8 Å². The first-order valence-corrected chi connectivity index (χ1v) is 6.34. The lowest BCUT2D eigenvalue weighted by Crippen LogP contribution is -2.42. The van der Waals surface area contributed by atoms with Crippen LogP contribution in [0.3, 0.4) is 0 Å². The Bertz CT molecular complexity index is 461. The lowest BCUT2D eigenvalue weighted by Gasteiger charge is -2.32. The van der Waals surface area contributed by atoms with E-state index in [-0.39, 0.29) is 17.8 Å². The molecule has 0 saturated carbocycles. The maximum absolute atomic E-state index is 12.3. The summed E-state index contributed by atoms with van der Waals surface area (Å²) in [5, 5.41) is 9.72. The van der Waals surface area contributed by atoms with E-state index in [9.17, 15) is 9.90 Å². The Hall–Kier alpha value is -1.75. The Morgan fingerprint density at radius 1 is 1.42 bits per heavy atom. The molecule has 1 amide bonds. The van der Waals surface area contributed by atoms with Gasteiger partial charge >= 0.3 is 0 Å². The van der Waals surface area contributed by atoms with Crippen LogP contribution in [0, 0.1) is 0 Å². The van der Waals surface area contributed by atoms with Crippen LogP contribution in [-0.2, 0) is 4.74 Å². The van der Waals surface area contributed by atoms with Gasteiger partial charge in [-0.3, -0.25) is 4.79 Å². The summed E-state index contributed by atoms with van der Waals surface area (Å²) in [7, 11) is 3.14. The third-order valence-corrected chi connectivity index (χ3v) is 3.42. The second kappa shape index (κ2) is 5.93. The highest BCUT2D eigenvalue weighted by molar-refractivity contribution is 5.95. The zero-order valence-electron chi connectivity index (χ0n) is 11.3. The van der Waals surface area contributed by atoms with Crippen molar-refractivity contribution in [3.8, 4) is 11.5 Å². The van der Waals surface area contributed by atoms with Crippen LogP contribution in [0.25, 0.3) is 0 Å². The van der Waals surface area contributed by atoms with E-state index in [4.69, 9.17) is 9.47 Å². The topological polar surface area (TPSA) is 59.0 Å². The molecule has 104 valence electrons. The number of phenolic OH excluding ortho intramolecular Hbond substituents is 1. The second-order valence-corrected chi connectivity index (χ2v) is 4.64. The molecule has 0 spiro atoms. The first-order chi connectivity index (χ1) is 9.15. The van der Waals surface area contributed by atoms with E-state index in [1.54, 1.807) is 24.1 Å². The molecule has 0 bridgehead atoms. The molecule has 1 heterocycles. The van der Waals surface area contributed by atoms with Crippen LogP contribution < -0.4 is 4.74 Å². The van der Waals surface area contributed by atoms with E-state index in [0.29, 0.717) is 17.9 Å². The maximum Gasteiger partial charge on any atom is 0.254 e. The summed E-state index contributed by atoms with van der Waals surface area (Å²) in [6.07, 6.45) is 2.02. The van der Waals surface area contributed by atoms with Gasteiger partial charge in [0.05, 0.1) is 13.2 Å². The van der Waals surface area contributed by atoms with Crippen molar-refractivity contribution in [2.75, 3.05) is 27.3 Å². The molecule has 5 heteroatoms. The molecule has 1 fully saturated rings. The number of piperidine rings is 1. The quantitative estimate of drug-likeness (QED) is 0.902. The van der Waals surface area contributed by atoms with E-state index in [0.717, 1.165) is 19.4 Å². The fourth-order valence-corrected chi connectivity index (χ4v) is 2.32. The highest BCUT2D eigenvalue weighted by Crippen LogP contribution is 2.27. The molecule has 2 rings (SSSR count). The third-order valence-electron chi connectivity index (χ3n) is 3.42. The normalized spacial score (nSPS) is 19.3. The van der Waals surface area contributed by atoms with Crippen LogP contribution in [0.15, 0.2) is 18.2 Å². The number of nitrogens with zero attached hydrogens (tertiary/aromatic N) is 1. The van der Waals surface area contributed by atoms with E-state index >= 15 is 0 Å². The zero-order valence-corrected chi connectivity index (χ0v) is 11.3. The van der Waals surface area contributed by atoms with Gasteiger partial charge in [0.15, 0.2) is 11.5 Å². The predicted molar refractivity (Wildman–Crippen MR) is 70.6 cm³/mol. The van der Waals surface area contributed by atoms with Gasteiger partial charge in [-0.2, -0.15) is 0 Å². The Balaban J connectivity index is 2.12. The number of hydrogen-bond donors (Lipinski definition) is 1. The van der Waals surface area contributed by atoms with Gasteiger partial charge < -0.3 is 19.5 Å². The fourth-order valence-electron chi connectivity index (χ4n) is 2.32. The van der Waals surface area contributed by atoms with Gasteiger partial charge in [-0.25, -0.2) is 0 Å². The van der Waals surface area contributed by atoms with Gasteiger partial charge in [0, 0.05) is 25.8 Å². The Kier molecular flexibility index (Phi) is 4.27. The summed E-state index contributed by atoms with van der Waals surface area (Å²) >= 11 is 0. The van der Waals surface area contributed by atoms with Gasteiger partial charge in [0.1, 0.15) is 0 Å². The number of methoxy groups -OCH3 is 2. The Morgan fingerprint density at radius 2 is 2.21 bits per heavy atom. The molecule has 1 unspecified atom stereocenters. The number of rotatable bonds is 3. The summed E-state index contributed by atoms with van der Waals surface area (Å²) < 4.78 is 10.3. The lowest BCUT2D eigenvalue weighted by molar-refractivity contribution is 0.0268. The maximum atomic E-state index is 12.3. The molecule has 1 aromatic carbocycles. The van der Waals surface area contributed by atoms with Crippen LogP contribution in [0.1, 0.15) is 23.2 Å². The van der Waals surface area contributed by atoms with Gasteiger partial charge in [0.25, 0.3) is 5.91 Å². The predicted octanol–water partition coefficient (Wildman–Crippen LogP) is 1.65. The molecule has 1 saturated heterocycles. The van der Waals surface area contributed by atoms with Crippen molar-refractivity contribution in [3.63, 3.8) is 0 Å². The van der Waals surface area contributed by atoms with Crippen molar-refractivity contribution in [1.82, 2.24) is 4.90 Å². The third kappa shape index (κ3) is 2.98. The second-order valence-electron chi connectivity index (χ2n) is 4.64. The largest absolute Gasteiger partial charge is 0.504 e. The molecular weight excluding hydrogens is 246 g/mol. The number of benzene rings is 1. The molecule has 0 aromatic heterocycles. The molecule has 0 aliphatic carbocycles. The summed E-state index contributed by atoms with van der Waals surface area (Å²) in [5.74, 6) is 0.262. The molecule has 1 aliphatic heterocycles. The van der Waals surface area contributed by atoms with Crippen LogP contribution in [-0.4, -0.2) is 49.3 Å². The molecule has 1 atom stereocenters. The van der Waals surface area contributed by atoms with Gasteiger partial charge in [-0.05, 0) is 31.0 Å². The number of carbonyl (C=O) groups is 1. The van der Waals surface area contributed by atoms with Crippen molar-refractivity contribution in [1.29, 1.82) is 0 Å². The van der Waals surface area contributed by atoms with Crippen molar-refractivity contribution in [2.45, 2.75) is 18.9 Å². The summed E-state index contributed by atoms with van der Waals surface area (Å²) in [4.78, 5) is 14.1. The number of hydrogen-bond acceptors (Lipinski definition) is 4. The van der Waals surface area contributed by atoms with Gasteiger partial charge in [0.2, 0.25) is 0 Å². The van der Waals surface area contributed by atoms with E-state index in [2.05, 4.69) is 0 Å². The van der Waals surface area contributed by atoms with Crippen LogP contribution in [0.4, 0.5) is 0 Å². The molecule has 1 aliphatic rings. The van der Waals surface area contributed by atoms with E-state index in [1.165, 1.54) is 13.2 Å². The summed E-state index contributed by atoms with van der Waals surface area (Å²) in [5.41, 5.74) is 0.468. The first kappa shape index (κ1) is 13.7. The minimum absolute atomic E-state index is 0.0198. The standard InChI is InChI=1S/C14H19NO4/c1-18-11-4-3-7-15(9-11)14(17)10-5-6-13(19-2)12(16)8-10/h5-6,8,11,16H,3-4,7,9H2,1-2H3. The first-order valence-electron chi connectivity index (χ1n) is 6.34. The van der Waals surface area contributed by atoms with Crippen molar-refractivity contribution in [2.24, 2.45) is 0 Å². The Morgan fingerprint density at radius 3 is 2.84 bits per heavy atom. The highest BCUT2D eigenvalue weighted by Gasteiger charge is 2.24. The molecule has 19 heavy (non-hydrogen) atoms. The Labute approximate surface area is 112 Å². The molecule has 1 N–H and O–H groups in total. The number of amides is 1. The van der Waals surface area contributed by atoms with Gasteiger partial charge in [-0.1, -0.05) is 0 Å². The number of ether oxygens (including phenoxy) is 2. The van der Waals surface area contributed by atoms with Gasteiger partial charge in [-0.15, -0.1) is 0 Å². The van der Waals surface area contributed by atoms with E-state index in [1.807, 2.05) is 0 Å². The number of carbonyl (C=O) groups excluding carboxylic acids is 1. The zero-order chi connectivity index (χ0) is 13.8. The summed E-state index contributed by atoms with van der Waals surface area (Å²) in [6.45, 7) is 1.33. The van der Waals surface area contributed by atoms with Crippen molar-refractivity contribution < 1.29 is 19.4 Å². The number of phenols is 1. The highest BCUT2D eigenvalue weighted by atomic mass is 16.5. The smallest absolute Gasteiger partial charge is 0.254 e. The molecule has 1 aromatic rings. The lowest BCUT2D eigenvalue weighted by atomic mass is 10.1. The molecule has 0 radical (unpaired) electrons. The van der Waals surface area contributed by atoms with Crippen LogP contribution in [0.2, 0.25) is 0 Å². The SMILES string of the molecule is COc1ccc(C(=O)N2CCCC(OC)C2)cc1O. The summed E-state index contributed by atoms with van der Waals surface area (Å²) in [6, 6.07) is 4.70. The van der Waals surface area contributed by atoms with E-state index < -0.39 is 0 Å². The fraction of sp³-hybridized carbons (Fsp3) is 0.500. The van der Waals surface area contributed by atoms with Crippen LogP contribution in [0.5, 0.6) is 11.5 Å². The average Bonchev–Trinajstić information content (AvgIpc) is 2.46. The molecule has 5 nitrogen and oxygen atoms in total. The van der Waals surface area contributed by atoms with Crippen LogP contribution >= 0.6 is 0 Å². The monoisotopic (exact) mass is 265 g/mol. The average molecular weight is 265 g/mol. The number of likely N-dealkylation sites (tertiary alicyclic amines) is 1. The minimum atomic E-state index is -0.0836. The minimum Gasteiger partial charge on any atom is -0.504 e. The van der Waals surface area contributed by atoms with Crippen molar-refractivity contribution >= 4 is 5.91 Å². The molecular formula is C14H19NO4.